The van der Waals surface area contributed by atoms with Crippen LogP contribution in [-0.4, -0.2) is 45.1 Å². The molecule has 1 saturated heterocycles. The van der Waals surface area contributed by atoms with Gasteiger partial charge in [0, 0.05) is 13.8 Å². The van der Waals surface area contributed by atoms with Crippen LogP contribution in [0.1, 0.15) is 20.1 Å². The highest BCUT2D eigenvalue weighted by Crippen LogP contribution is 2.36. The van der Waals surface area contributed by atoms with Gasteiger partial charge in [-0.2, -0.15) is 4.98 Å². The minimum Gasteiger partial charge on any atom is -0.463 e. The van der Waals surface area contributed by atoms with Gasteiger partial charge in [0.05, 0.1) is 11.0 Å². The number of rotatable bonds is 4. The number of nitrogens with zero attached hydrogens (tertiary/aromatic N) is 2. The fraction of sp³-hybridized carbons (Fsp3) is 0.538. The van der Waals surface area contributed by atoms with E-state index in [0.29, 0.717) is 0 Å². The van der Waals surface area contributed by atoms with E-state index in [1.807, 2.05) is 0 Å². The van der Waals surface area contributed by atoms with Crippen molar-refractivity contribution in [2.75, 3.05) is 12.3 Å². The van der Waals surface area contributed by atoms with E-state index < -0.39 is 52.5 Å². The Balaban J connectivity index is 2.34. The van der Waals surface area contributed by atoms with Crippen molar-refractivity contribution in [2.45, 2.75) is 37.1 Å². The molecule has 1 aliphatic rings. The van der Waals surface area contributed by atoms with Crippen LogP contribution in [0.4, 0.5) is 10.2 Å². The van der Waals surface area contributed by atoms with Gasteiger partial charge < -0.3 is 19.9 Å². The molecule has 0 spiro atoms. The Morgan fingerprint density at radius 2 is 2.12 bits per heavy atom. The summed E-state index contributed by atoms with van der Waals surface area (Å²) in [4.78, 5) is 37.0. The summed E-state index contributed by atoms with van der Waals surface area (Å²) in [5, 5.41) is 0. The lowest BCUT2D eigenvalue weighted by Gasteiger charge is -2.21. The summed E-state index contributed by atoms with van der Waals surface area (Å²) >= 11 is 3.30. The largest absolute Gasteiger partial charge is 0.463 e. The molecular formula is C13H15BrFN3O6. The zero-order chi connectivity index (χ0) is 18.0. The minimum absolute atomic E-state index is 0.140. The molecule has 1 fully saturated rings. The number of alkyl halides is 1. The van der Waals surface area contributed by atoms with Crippen LogP contribution in [0.2, 0.25) is 0 Å². The van der Waals surface area contributed by atoms with Gasteiger partial charge in [-0.1, -0.05) is 15.9 Å². The average Bonchev–Trinajstić information content (AvgIpc) is 2.77. The number of hydrogen-bond donors (Lipinski definition) is 1. The number of carbonyl (C=O) groups is 2. The van der Waals surface area contributed by atoms with Crippen LogP contribution in [0, 0.1) is 5.82 Å². The number of halogens is 2. The fourth-order valence-corrected chi connectivity index (χ4v) is 2.86. The Kier molecular flexibility index (Phi) is 5.54. The Morgan fingerprint density at radius 3 is 2.71 bits per heavy atom. The first-order valence-electron chi connectivity index (χ1n) is 6.85. The Bertz CT molecular complexity index is 711. The van der Waals surface area contributed by atoms with E-state index in [1.54, 1.807) is 0 Å². The van der Waals surface area contributed by atoms with Gasteiger partial charge in [0.25, 0.3) is 0 Å². The van der Waals surface area contributed by atoms with Crippen molar-refractivity contribution in [3.63, 3.8) is 0 Å². The highest BCUT2D eigenvalue weighted by molar-refractivity contribution is 9.09. The van der Waals surface area contributed by atoms with Gasteiger partial charge in [0.15, 0.2) is 24.0 Å². The molecule has 4 unspecified atom stereocenters. The molecular weight excluding hydrogens is 393 g/mol. The van der Waals surface area contributed by atoms with Gasteiger partial charge in [-0.15, -0.1) is 0 Å². The molecule has 132 valence electrons. The van der Waals surface area contributed by atoms with Gasteiger partial charge in [0.2, 0.25) is 0 Å². The van der Waals surface area contributed by atoms with Crippen LogP contribution >= 0.6 is 15.9 Å². The number of nitrogens with two attached hydrogens (primary N) is 1. The Hall–Kier alpha value is -2.01. The minimum atomic E-state index is -1.16. The van der Waals surface area contributed by atoms with Crippen molar-refractivity contribution in [3.05, 3.63) is 22.5 Å². The third-order valence-corrected chi connectivity index (χ3v) is 4.34. The average molecular weight is 408 g/mol. The van der Waals surface area contributed by atoms with Crippen LogP contribution in [0.5, 0.6) is 0 Å². The summed E-state index contributed by atoms with van der Waals surface area (Å²) in [6.45, 7) is 2.27. The maximum Gasteiger partial charge on any atom is 0.351 e. The molecule has 2 rings (SSSR count). The predicted octanol–water partition coefficient (Wildman–Crippen LogP) is 0.120. The van der Waals surface area contributed by atoms with Gasteiger partial charge in [0.1, 0.15) is 12.7 Å². The van der Waals surface area contributed by atoms with Gasteiger partial charge >= 0.3 is 17.6 Å². The molecule has 24 heavy (non-hydrogen) atoms. The van der Waals surface area contributed by atoms with Gasteiger partial charge in [-0.05, 0) is 0 Å². The van der Waals surface area contributed by atoms with Crippen molar-refractivity contribution in [3.8, 4) is 0 Å². The molecule has 4 atom stereocenters. The molecule has 2 heterocycles. The third kappa shape index (κ3) is 3.90. The van der Waals surface area contributed by atoms with Crippen molar-refractivity contribution < 1.29 is 28.2 Å². The summed E-state index contributed by atoms with van der Waals surface area (Å²) in [6.07, 6.45) is -2.03. The van der Waals surface area contributed by atoms with Crippen LogP contribution in [-0.2, 0) is 23.8 Å². The number of esters is 2. The monoisotopic (exact) mass is 407 g/mol. The highest BCUT2D eigenvalue weighted by Gasteiger charge is 2.47. The predicted molar refractivity (Wildman–Crippen MR) is 81.7 cm³/mol. The number of nitrogen functional groups attached to an aromatic ring is 1. The molecule has 1 aliphatic heterocycles. The molecule has 11 heteroatoms. The third-order valence-electron chi connectivity index (χ3n) is 3.23. The Labute approximate surface area is 144 Å². The number of anilines is 1. The molecule has 1 aromatic heterocycles. The number of ether oxygens (including phenoxy) is 3. The zero-order valence-electron chi connectivity index (χ0n) is 12.8. The molecule has 0 amide bonds. The summed E-state index contributed by atoms with van der Waals surface area (Å²) in [5.74, 6) is -2.62. The highest BCUT2D eigenvalue weighted by atomic mass is 79.9. The van der Waals surface area contributed by atoms with E-state index in [9.17, 15) is 18.8 Å². The first kappa shape index (κ1) is 18.3. The normalized spacial score (nSPS) is 26.2. The number of hydrogen-bond acceptors (Lipinski definition) is 8. The molecule has 0 aliphatic carbocycles. The van der Waals surface area contributed by atoms with E-state index in [4.69, 9.17) is 19.9 Å². The Morgan fingerprint density at radius 1 is 1.46 bits per heavy atom. The molecule has 0 saturated carbocycles. The zero-order valence-corrected chi connectivity index (χ0v) is 14.4. The van der Waals surface area contributed by atoms with Crippen LogP contribution in [0.15, 0.2) is 11.0 Å². The van der Waals surface area contributed by atoms with E-state index in [1.165, 1.54) is 13.8 Å². The van der Waals surface area contributed by atoms with Crippen LogP contribution in [0.25, 0.3) is 0 Å². The number of carbonyl (C=O) groups excluding carboxylic acids is 2. The maximum atomic E-state index is 13.7. The molecule has 0 aromatic carbocycles. The van der Waals surface area contributed by atoms with Crippen molar-refractivity contribution in [1.29, 1.82) is 0 Å². The van der Waals surface area contributed by atoms with E-state index in [-0.39, 0.29) is 6.61 Å². The fourth-order valence-electron chi connectivity index (χ4n) is 2.21. The first-order valence-corrected chi connectivity index (χ1v) is 7.76. The first-order chi connectivity index (χ1) is 11.2. The molecule has 0 radical (unpaired) electrons. The lowest BCUT2D eigenvalue weighted by atomic mass is 10.2. The molecule has 0 bridgehead atoms. The summed E-state index contributed by atoms with van der Waals surface area (Å²) in [7, 11) is 0. The van der Waals surface area contributed by atoms with E-state index in [0.717, 1.165) is 10.8 Å². The standard InChI is InChI=1S/C13H15BrFN3O6/c1-5(19)22-4-8-9(14)10(23-6(2)20)12(24-8)18-3-7(15)11(16)17-13(18)21/h3,8-10,12H,4H2,1-2H3,(H2,16,17,21). The quantitative estimate of drug-likeness (QED) is 0.551. The summed E-state index contributed by atoms with van der Waals surface area (Å²) < 4.78 is 30.1. The molecule has 1 aromatic rings. The van der Waals surface area contributed by atoms with E-state index >= 15 is 0 Å². The summed E-state index contributed by atoms with van der Waals surface area (Å²) in [5.41, 5.74) is 4.38. The SMILES string of the molecule is CC(=O)OCC1OC(n2cc(F)c(N)nc2=O)C(OC(C)=O)C1Br. The second-order valence-electron chi connectivity index (χ2n) is 5.05. The van der Waals surface area contributed by atoms with Crippen molar-refractivity contribution in [1.82, 2.24) is 9.55 Å². The smallest absolute Gasteiger partial charge is 0.351 e. The molecule has 9 nitrogen and oxygen atoms in total. The van der Waals surface area contributed by atoms with Crippen molar-refractivity contribution >= 4 is 33.7 Å². The van der Waals surface area contributed by atoms with Crippen LogP contribution in [0.3, 0.4) is 0 Å². The lowest BCUT2D eigenvalue weighted by Crippen LogP contribution is -2.37. The second kappa shape index (κ2) is 7.26. The lowest BCUT2D eigenvalue weighted by molar-refractivity contribution is -0.153. The second-order valence-corrected chi connectivity index (χ2v) is 6.11. The maximum absolute atomic E-state index is 13.7. The molecule has 2 N–H and O–H groups in total. The summed E-state index contributed by atoms with van der Waals surface area (Å²) in [6, 6.07) is 0. The van der Waals surface area contributed by atoms with Crippen molar-refractivity contribution in [2.24, 2.45) is 0 Å². The van der Waals surface area contributed by atoms with Crippen LogP contribution < -0.4 is 11.4 Å². The topological polar surface area (TPSA) is 123 Å². The van der Waals surface area contributed by atoms with Gasteiger partial charge in [-0.3, -0.25) is 14.2 Å². The van der Waals surface area contributed by atoms with E-state index in [2.05, 4.69) is 20.9 Å². The number of aromatic nitrogens is 2. The van der Waals surface area contributed by atoms with Gasteiger partial charge in [-0.25, -0.2) is 9.18 Å².